The zero-order chi connectivity index (χ0) is 14.0. The summed E-state index contributed by atoms with van der Waals surface area (Å²) in [5.41, 5.74) is 0.853. The van der Waals surface area contributed by atoms with Gasteiger partial charge in [0.15, 0.2) is 0 Å². The average Bonchev–Trinajstić information content (AvgIpc) is 2.80. The summed E-state index contributed by atoms with van der Waals surface area (Å²) < 4.78 is 0. The van der Waals surface area contributed by atoms with Gasteiger partial charge in [0.1, 0.15) is 0 Å². The lowest BCUT2D eigenvalue weighted by molar-refractivity contribution is -0.0638. The van der Waals surface area contributed by atoms with Gasteiger partial charge in [0.25, 0.3) is 0 Å². The molecule has 20 heavy (non-hydrogen) atoms. The van der Waals surface area contributed by atoms with Gasteiger partial charge in [0, 0.05) is 5.92 Å². The van der Waals surface area contributed by atoms with Crippen LogP contribution < -0.4 is 0 Å². The minimum Gasteiger partial charge on any atom is -0.512 e. The SMILES string of the molecule is C[C@@]12CCC[C@H]1[C@@H]1CCC3C(O)=CC=C[C@]3(C)[C@H]1CC2. The Morgan fingerprint density at radius 2 is 1.90 bits per heavy atom. The molecule has 0 aromatic heterocycles. The fourth-order valence-electron chi connectivity index (χ4n) is 6.56. The molecular weight excluding hydrogens is 244 g/mol. The Morgan fingerprint density at radius 1 is 1.05 bits per heavy atom. The maximum atomic E-state index is 10.3. The van der Waals surface area contributed by atoms with E-state index in [1.165, 1.54) is 44.9 Å². The second kappa shape index (κ2) is 4.15. The quantitative estimate of drug-likeness (QED) is 0.638. The number of aliphatic hydroxyl groups excluding tert-OH is 1. The van der Waals surface area contributed by atoms with Crippen molar-refractivity contribution >= 4 is 0 Å². The summed E-state index contributed by atoms with van der Waals surface area (Å²) in [4.78, 5) is 0. The molecule has 0 bridgehead atoms. The standard InChI is InChI=1S/C19H28O/c1-18-10-3-5-14(18)13-7-8-16-17(20)6-4-11-19(16,2)15(13)9-12-18/h4,6,11,13-16,20H,3,5,7-10,12H2,1-2H3/t13-,14-,15-,16?,18-,19+/m0/s1. The van der Waals surface area contributed by atoms with Crippen molar-refractivity contribution in [3.8, 4) is 0 Å². The third-order valence-corrected chi connectivity index (χ3v) is 7.64. The minimum absolute atomic E-state index is 0.214. The third-order valence-electron chi connectivity index (χ3n) is 7.64. The Bertz CT molecular complexity index is 476. The van der Waals surface area contributed by atoms with Gasteiger partial charge in [0.2, 0.25) is 0 Å². The van der Waals surface area contributed by atoms with Crippen LogP contribution in [0.3, 0.4) is 0 Å². The molecule has 0 aliphatic heterocycles. The van der Waals surface area contributed by atoms with Crippen LogP contribution in [0.4, 0.5) is 0 Å². The molecule has 0 heterocycles. The lowest BCUT2D eigenvalue weighted by Crippen LogP contribution is -2.51. The van der Waals surface area contributed by atoms with Crippen LogP contribution in [-0.2, 0) is 0 Å². The predicted octanol–water partition coefficient (Wildman–Crippen LogP) is 5.25. The Kier molecular flexibility index (Phi) is 2.69. The first-order chi connectivity index (χ1) is 9.55. The Morgan fingerprint density at radius 3 is 2.75 bits per heavy atom. The van der Waals surface area contributed by atoms with E-state index in [1.807, 2.05) is 6.08 Å². The van der Waals surface area contributed by atoms with Crippen LogP contribution in [0.1, 0.15) is 58.8 Å². The number of allylic oxidation sites excluding steroid dienone is 4. The molecule has 0 radical (unpaired) electrons. The van der Waals surface area contributed by atoms with Gasteiger partial charge < -0.3 is 5.11 Å². The molecule has 3 saturated carbocycles. The lowest BCUT2D eigenvalue weighted by Gasteiger charge is -2.57. The van der Waals surface area contributed by atoms with Gasteiger partial charge in [-0.05, 0) is 73.2 Å². The van der Waals surface area contributed by atoms with Gasteiger partial charge in [-0.1, -0.05) is 32.4 Å². The number of hydrogen-bond donors (Lipinski definition) is 1. The first kappa shape index (κ1) is 13.0. The number of hydrogen-bond acceptors (Lipinski definition) is 1. The molecule has 1 unspecified atom stereocenters. The van der Waals surface area contributed by atoms with Gasteiger partial charge >= 0.3 is 0 Å². The highest BCUT2D eigenvalue weighted by Gasteiger charge is 2.57. The van der Waals surface area contributed by atoms with Crippen molar-refractivity contribution < 1.29 is 5.11 Å². The van der Waals surface area contributed by atoms with Crippen LogP contribution in [0, 0.1) is 34.5 Å². The first-order valence-electron chi connectivity index (χ1n) is 8.63. The van der Waals surface area contributed by atoms with Gasteiger partial charge in [0.05, 0.1) is 5.76 Å². The highest BCUT2D eigenvalue weighted by Crippen LogP contribution is 2.65. The normalized spacial score (nSPS) is 53.8. The van der Waals surface area contributed by atoms with E-state index in [2.05, 4.69) is 26.0 Å². The Balaban J connectivity index is 1.69. The summed E-state index contributed by atoms with van der Waals surface area (Å²) in [6.45, 7) is 4.98. The molecule has 4 aliphatic rings. The van der Waals surface area contributed by atoms with Crippen LogP contribution >= 0.6 is 0 Å². The molecule has 0 saturated heterocycles. The zero-order valence-electron chi connectivity index (χ0n) is 12.9. The van der Waals surface area contributed by atoms with E-state index in [4.69, 9.17) is 0 Å². The highest BCUT2D eigenvalue weighted by atomic mass is 16.3. The minimum atomic E-state index is 0.214. The Hall–Kier alpha value is -0.720. The fourth-order valence-corrected chi connectivity index (χ4v) is 6.56. The van der Waals surface area contributed by atoms with E-state index < -0.39 is 0 Å². The fraction of sp³-hybridized carbons (Fsp3) is 0.789. The Labute approximate surface area is 123 Å². The van der Waals surface area contributed by atoms with E-state index in [0.29, 0.717) is 17.1 Å². The summed E-state index contributed by atoms with van der Waals surface area (Å²) in [7, 11) is 0. The van der Waals surface area contributed by atoms with E-state index in [-0.39, 0.29) is 5.41 Å². The average molecular weight is 272 g/mol. The van der Waals surface area contributed by atoms with Crippen molar-refractivity contribution in [3.63, 3.8) is 0 Å². The van der Waals surface area contributed by atoms with E-state index in [0.717, 1.165) is 17.8 Å². The zero-order valence-corrected chi connectivity index (χ0v) is 12.9. The molecular formula is C19H28O. The molecule has 3 fully saturated rings. The van der Waals surface area contributed by atoms with E-state index >= 15 is 0 Å². The summed E-state index contributed by atoms with van der Waals surface area (Å²) in [6.07, 6.45) is 16.2. The van der Waals surface area contributed by atoms with Crippen molar-refractivity contribution in [2.24, 2.45) is 34.5 Å². The van der Waals surface area contributed by atoms with Crippen molar-refractivity contribution in [1.29, 1.82) is 0 Å². The molecule has 1 N–H and O–H groups in total. The molecule has 0 spiro atoms. The number of fused-ring (bicyclic) bond motifs is 5. The second-order valence-corrected chi connectivity index (χ2v) is 8.41. The molecule has 0 aromatic rings. The number of aliphatic hydroxyl groups is 1. The van der Waals surface area contributed by atoms with E-state index in [1.54, 1.807) is 0 Å². The maximum absolute atomic E-state index is 10.3. The van der Waals surface area contributed by atoms with Crippen LogP contribution in [-0.4, -0.2) is 5.11 Å². The van der Waals surface area contributed by atoms with Gasteiger partial charge in [-0.15, -0.1) is 0 Å². The topological polar surface area (TPSA) is 20.2 Å². The van der Waals surface area contributed by atoms with Gasteiger partial charge in [-0.2, -0.15) is 0 Å². The van der Waals surface area contributed by atoms with Crippen LogP contribution in [0.2, 0.25) is 0 Å². The molecule has 4 aliphatic carbocycles. The van der Waals surface area contributed by atoms with Crippen molar-refractivity contribution in [3.05, 3.63) is 24.0 Å². The summed E-state index contributed by atoms with van der Waals surface area (Å²) in [5.74, 6) is 3.70. The molecule has 0 amide bonds. The van der Waals surface area contributed by atoms with Crippen molar-refractivity contribution in [2.45, 2.75) is 58.8 Å². The van der Waals surface area contributed by atoms with Crippen LogP contribution in [0.15, 0.2) is 24.0 Å². The van der Waals surface area contributed by atoms with Crippen molar-refractivity contribution in [1.82, 2.24) is 0 Å². The summed E-state index contributed by atoms with van der Waals surface area (Å²) in [5, 5.41) is 10.3. The van der Waals surface area contributed by atoms with E-state index in [9.17, 15) is 5.11 Å². The third kappa shape index (κ3) is 1.55. The van der Waals surface area contributed by atoms with Crippen LogP contribution in [0.5, 0.6) is 0 Å². The molecule has 0 aromatic carbocycles. The molecule has 4 rings (SSSR count). The second-order valence-electron chi connectivity index (χ2n) is 8.41. The molecule has 1 nitrogen and oxygen atoms in total. The van der Waals surface area contributed by atoms with Crippen molar-refractivity contribution in [2.75, 3.05) is 0 Å². The monoisotopic (exact) mass is 272 g/mol. The molecule has 1 heteroatoms. The molecule has 110 valence electrons. The van der Waals surface area contributed by atoms with Gasteiger partial charge in [-0.25, -0.2) is 0 Å². The smallest absolute Gasteiger partial charge is 0.0962 e. The van der Waals surface area contributed by atoms with Gasteiger partial charge in [-0.3, -0.25) is 0 Å². The molecule has 6 atom stereocenters. The van der Waals surface area contributed by atoms with Crippen LogP contribution in [0.25, 0.3) is 0 Å². The predicted molar refractivity (Wildman–Crippen MR) is 82.3 cm³/mol. The first-order valence-corrected chi connectivity index (χ1v) is 8.63. The lowest BCUT2D eigenvalue weighted by atomic mass is 9.47. The highest BCUT2D eigenvalue weighted by molar-refractivity contribution is 5.26. The number of rotatable bonds is 0. The maximum Gasteiger partial charge on any atom is 0.0962 e. The largest absolute Gasteiger partial charge is 0.512 e. The summed E-state index contributed by atoms with van der Waals surface area (Å²) >= 11 is 0. The summed E-state index contributed by atoms with van der Waals surface area (Å²) in [6, 6.07) is 0.